The molecule has 1 heterocycles. The van der Waals surface area contributed by atoms with Crippen molar-refractivity contribution in [3.63, 3.8) is 0 Å². The van der Waals surface area contributed by atoms with Gasteiger partial charge in [-0.05, 0) is 31.4 Å². The molecule has 22 heavy (non-hydrogen) atoms. The number of carbonyl (C=O) groups is 2. The van der Waals surface area contributed by atoms with Crippen molar-refractivity contribution in [1.82, 2.24) is 15.1 Å². The van der Waals surface area contributed by atoms with Gasteiger partial charge in [0.25, 0.3) is 5.91 Å². The smallest absolute Gasteiger partial charge is 0.336 e. The highest BCUT2D eigenvalue weighted by Crippen LogP contribution is 2.29. The predicted molar refractivity (Wildman–Crippen MR) is 79.8 cm³/mol. The first-order valence-corrected chi connectivity index (χ1v) is 7.22. The molecule has 114 valence electrons. The van der Waals surface area contributed by atoms with Gasteiger partial charge in [0.2, 0.25) is 0 Å². The summed E-state index contributed by atoms with van der Waals surface area (Å²) in [6.07, 6.45) is 4.53. The molecule has 1 aliphatic carbocycles. The van der Waals surface area contributed by atoms with Gasteiger partial charge in [-0.2, -0.15) is 5.10 Å². The van der Waals surface area contributed by atoms with Gasteiger partial charge in [-0.3, -0.25) is 9.48 Å². The molecule has 6 nitrogen and oxygen atoms in total. The van der Waals surface area contributed by atoms with Gasteiger partial charge < -0.3 is 10.4 Å². The van der Waals surface area contributed by atoms with Gasteiger partial charge in [0.1, 0.15) is 0 Å². The highest BCUT2D eigenvalue weighted by atomic mass is 16.4. The molecule has 0 bridgehead atoms. The van der Waals surface area contributed by atoms with E-state index in [-0.39, 0.29) is 23.1 Å². The monoisotopic (exact) mass is 299 g/mol. The average molecular weight is 299 g/mol. The molecular formula is C16H17N3O3. The van der Waals surface area contributed by atoms with Crippen molar-refractivity contribution < 1.29 is 14.7 Å². The van der Waals surface area contributed by atoms with Crippen molar-refractivity contribution in [2.75, 3.05) is 0 Å². The van der Waals surface area contributed by atoms with Crippen LogP contribution in [0.4, 0.5) is 0 Å². The number of aromatic nitrogens is 2. The minimum absolute atomic E-state index is 0.0159. The summed E-state index contributed by atoms with van der Waals surface area (Å²) < 4.78 is 1.83. The van der Waals surface area contributed by atoms with Gasteiger partial charge in [-0.25, -0.2) is 4.79 Å². The Morgan fingerprint density at radius 1 is 1.32 bits per heavy atom. The van der Waals surface area contributed by atoms with E-state index in [0.29, 0.717) is 0 Å². The SMILES string of the molecule is Cn1ncc2c1CCC[C@@H]2NC(=O)c1ccccc1C(=O)O. The summed E-state index contributed by atoms with van der Waals surface area (Å²) in [5.41, 5.74) is 2.35. The summed E-state index contributed by atoms with van der Waals surface area (Å²) >= 11 is 0. The van der Waals surface area contributed by atoms with Crippen molar-refractivity contribution in [1.29, 1.82) is 0 Å². The molecule has 2 N–H and O–H groups in total. The molecule has 0 spiro atoms. The maximum atomic E-state index is 12.5. The van der Waals surface area contributed by atoms with E-state index >= 15 is 0 Å². The molecule has 0 saturated carbocycles. The molecule has 0 fully saturated rings. The summed E-state index contributed by atoms with van der Waals surface area (Å²) in [4.78, 5) is 23.7. The summed E-state index contributed by atoms with van der Waals surface area (Å²) in [6, 6.07) is 6.13. The Labute approximate surface area is 127 Å². The highest BCUT2D eigenvalue weighted by molar-refractivity contribution is 6.04. The fourth-order valence-electron chi connectivity index (χ4n) is 2.96. The van der Waals surface area contributed by atoms with E-state index in [1.807, 2.05) is 11.7 Å². The lowest BCUT2D eigenvalue weighted by molar-refractivity contribution is 0.0690. The lowest BCUT2D eigenvalue weighted by Gasteiger charge is -2.24. The van der Waals surface area contributed by atoms with Crippen LogP contribution in [0.3, 0.4) is 0 Å². The quantitative estimate of drug-likeness (QED) is 0.907. The Hall–Kier alpha value is -2.63. The summed E-state index contributed by atoms with van der Waals surface area (Å²) in [5, 5.41) is 16.4. The number of amides is 1. The average Bonchev–Trinajstić information content (AvgIpc) is 2.90. The number of rotatable bonds is 3. The standard InChI is InChI=1S/C16H17N3O3/c1-19-14-8-4-7-13(12(14)9-17-19)18-15(20)10-5-2-3-6-11(10)16(21)22/h2-3,5-6,9,13H,4,7-8H2,1H3,(H,18,20)(H,21,22)/t13-/m0/s1. The number of hydrogen-bond donors (Lipinski definition) is 2. The van der Waals surface area contributed by atoms with E-state index in [1.54, 1.807) is 18.3 Å². The molecular weight excluding hydrogens is 282 g/mol. The number of carboxylic acids is 1. The summed E-state index contributed by atoms with van der Waals surface area (Å²) in [7, 11) is 1.89. The molecule has 1 atom stereocenters. The number of nitrogens with zero attached hydrogens (tertiary/aromatic N) is 2. The van der Waals surface area contributed by atoms with Gasteiger partial charge in [0.15, 0.2) is 0 Å². The fourth-order valence-corrected chi connectivity index (χ4v) is 2.96. The number of hydrogen-bond acceptors (Lipinski definition) is 3. The molecule has 0 radical (unpaired) electrons. The van der Waals surface area contributed by atoms with Crippen molar-refractivity contribution in [3.8, 4) is 0 Å². The Bertz CT molecular complexity index is 736. The van der Waals surface area contributed by atoms with Gasteiger partial charge in [0, 0.05) is 18.3 Å². The second-order valence-corrected chi connectivity index (χ2v) is 5.44. The molecule has 0 aliphatic heterocycles. The lowest BCUT2D eigenvalue weighted by atomic mass is 9.92. The maximum absolute atomic E-state index is 12.5. The predicted octanol–water partition coefficient (Wildman–Crippen LogP) is 1.93. The van der Waals surface area contributed by atoms with Crippen molar-refractivity contribution >= 4 is 11.9 Å². The van der Waals surface area contributed by atoms with E-state index in [0.717, 1.165) is 30.5 Å². The van der Waals surface area contributed by atoms with Crippen LogP contribution in [0.25, 0.3) is 0 Å². The van der Waals surface area contributed by atoms with Crippen LogP contribution >= 0.6 is 0 Å². The van der Waals surface area contributed by atoms with Gasteiger partial charge >= 0.3 is 5.97 Å². The zero-order chi connectivity index (χ0) is 15.7. The third kappa shape index (κ3) is 2.47. The van der Waals surface area contributed by atoms with E-state index in [4.69, 9.17) is 0 Å². The first-order valence-electron chi connectivity index (χ1n) is 7.22. The molecule has 0 unspecified atom stereocenters. The molecule has 1 aromatic heterocycles. The molecule has 1 aliphatic rings. The molecule has 1 amide bonds. The topological polar surface area (TPSA) is 84.2 Å². The first kappa shape index (κ1) is 14.3. The largest absolute Gasteiger partial charge is 0.478 e. The van der Waals surface area contributed by atoms with Crippen LogP contribution in [-0.4, -0.2) is 26.8 Å². The number of aryl methyl sites for hydroxylation is 1. The summed E-state index contributed by atoms with van der Waals surface area (Å²) in [6.45, 7) is 0. The Balaban J connectivity index is 1.86. The van der Waals surface area contributed by atoms with E-state index < -0.39 is 5.97 Å². The van der Waals surface area contributed by atoms with Crippen LogP contribution in [0.15, 0.2) is 30.5 Å². The number of nitrogens with one attached hydrogen (secondary N) is 1. The van der Waals surface area contributed by atoms with Crippen LogP contribution in [-0.2, 0) is 13.5 Å². The Morgan fingerprint density at radius 2 is 2.05 bits per heavy atom. The van der Waals surface area contributed by atoms with Crippen LogP contribution in [0, 0.1) is 0 Å². The third-order valence-electron chi connectivity index (χ3n) is 4.08. The number of carboxylic acid groups (broad SMARTS) is 1. The molecule has 3 rings (SSSR count). The minimum atomic E-state index is -1.10. The maximum Gasteiger partial charge on any atom is 0.336 e. The van der Waals surface area contributed by atoms with Crippen LogP contribution in [0.5, 0.6) is 0 Å². The normalized spacial score (nSPS) is 16.9. The number of carbonyl (C=O) groups excluding carboxylic acids is 1. The number of aromatic carboxylic acids is 1. The third-order valence-corrected chi connectivity index (χ3v) is 4.08. The summed E-state index contributed by atoms with van der Waals surface area (Å²) in [5.74, 6) is -1.46. The molecule has 2 aromatic rings. The van der Waals surface area contributed by atoms with Crippen LogP contribution in [0.2, 0.25) is 0 Å². The van der Waals surface area contributed by atoms with E-state index in [2.05, 4.69) is 10.4 Å². The molecule has 1 aromatic carbocycles. The second kappa shape index (κ2) is 5.63. The Morgan fingerprint density at radius 3 is 2.77 bits per heavy atom. The van der Waals surface area contributed by atoms with Gasteiger partial charge in [-0.1, -0.05) is 12.1 Å². The van der Waals surface area contributed by atoms with Gasteiger partial charge in [0.05, 0.1) is 23.4 Å². The number of fused-ring (bicyclic) bond motifs is 1. The van der Waals surface area contributed by atoms with Crippen molar-refractivity contribution in [2.24, 2.45) is 7.05 Å². The minimum Gasteiger partial charge on any atom is -0.478 e. The lowest BCUT2D eigenvalue weighted by Crippen LogP contribution is -2.32. The Kier molecular flexibility index (Phi) is 3.66. The van der Waals surface area contributed by atoms with Crippen LogP contribution < -0.4 is 5.32 Å². The van der Waals surface area contributed by atoms with Crippen molar-refractivity contribution in [3.05, 3.63) is 52.8 Å². The zero-order valence-corrected chi connectivity index (χ0v) is 12.2. The van der Waals surface area contributed by atoms with Crippen LogP contribution in [0.1, 0.15) is 50.9 Å². The zero-order valence-electron chi connectivity index (χ0n) is 12.2. The molecule has 6 heteroatoms. The highest BCUT2D eigenvalue weighted by Gasteiger charge is 2.26. The van der Waals surface area contributed by atoms with E-state index in [1.165, 1.54) is 12.1 Å². The number of benzene rings is 1. The van der Waals surface area contributed by atoms with E-state index in [9.17, 15) is 14.7 Å². The van der Waals surface area contributed by atoms with Crippen molar-refractivity contribution in [2.45, 2.75) is 25.3 Å². The first-order chi connectivity index (χ1) is 10.6. The molecule has 0 saturated heterocycles. The fraction of sp³-hybridized carbons (Fsp3) is 0.312. The van der Waals surface area contributed by atoms with Gasteiger partial charge in [-0.15, -0.1) is 0 Å². The second-order valence-electron chi connectivity index (χ2n) is 5.44.